The minimum absolute atomic E-state index is 0.161. The number of hydrogen-bond acceptors (Lipinski definition) is 4. The van der Waals surface area contributed by atoms with Crippen molar-refractivity contribution in [1.82, 2.24) is 4.98 Å². The number of nitro benzene ring substituents is 1. The number of fused-ring (bicyclic) bond motifs is 1. The minimum atomic E-state index is -0.872. The van der Waals surface area contributed by atoms with Gasteiger partial charge >= 0.3 is 5.69 Å². The van der Waals surface area contributed by atoms with E-state index >= 15 is 0 Å². The van der Waals surface area contributed by atoms with Gasteiger partial charge in [-0.3, -0.25) is 10.1 Å². The minimum Gasteiger partial charge on any atom is -0.258 e. The highest BCUT2D eigenvalue weighted by Crippen LogP contribution is 2.34. The van der Waals surface area contributed by atoms with Gasteiger partial charge in [-0.05, 0) is 12.1 Å². The van der Waals surface area contributed by atoms with Gasteiger partial charge < -0.3 is 0 Å². The Labute approximate surface area is 86.1 Å². The molecule has 4 nitrogen and oxygen atoms in total. The van der Waals surface area contributed by atoms with Crippen LogP contribution in [0.5, 0.6) is 0 Å². The first-order chi connectivity index (χ1) is 6.59. The third kappa shape index (κ3) is 1.32. The average molecular weight is 233 g/mol. The number of benzene rings is 1. The maximum atomic E-state index is 13.1. The molecule has 7 heteroatoms. The van der Waals surface area contributed by atoms with E-state index in [4.69, 9.17) is 11.6 Å². The Hall–Kier alpha value is -1.27. The molecule has 0 saturated carbocycles. The van der Waals surface area contributed by atoms with Crippen LogP contribution in [0.25, 0.3) is 10.2 Å². The number of nitro groups is 1. The summed E-state index contributed by atoms with van der Waals surface area (Å²) in [5, 5.41) is 10.5. The van der Waals surface area contributed by atoms with Crippen LogP contribution in [-0.2, 0) is 0 Å². The summed E-state index contributed by atoms with van der Waals surface area (Å²) in [6.07, 6.45) is 0. The third-order valence-electron chi connectivity index (χ3n) is 1.64. The zero-order chi connectivity index (χ0) is 10.3. The van der Waals surface area contributed by atoms with Crippen LogP contribution in [0.1, 0.15) is 0 Å². The highest BCUT2D eigenvalue weighted by atomic mass is 35.5. The van der Waals surface area contributed by atoms with Crippen LogP contribution in [0.15, 0.2) is 12.1 Å². The molecule has 2 aromatic rings. The monoisotopic (exact) mass is 232 g/mol. The summed E-state index contributed by atoms with van der Waals surface area (Å²) in [6, 6.07) is 2.37. The summed E-state index contributed by atoms with van der Waals surface area (Å²) >= 11 is 6.47. The molecule has 1 aromatic heterocycles. The highest BCUT2D eigenvalue weighted by Gasteiger charge is 2.21. The molecule has 14 heavy (non-hydrogen) atoms. The second-order valence-electron chi connectivity index (χ2n) is 2.47. The van der Waals surface area contributed by atoms with Crippen molar-refractivity contribution < 1.29 is 9.31 Å². The molecule has 0 aliphatic carbocycles. The van der Waals surface area contributed by atoms with E-state index in [0.29, 0.717) is 5.52 Å². The molecule has 2 rings (SSSR count). The predicted octanol–water partition coefficient (Wildman–Crippen LogP) is 3.00. The molecule has 0 bridgehead atoms. The molecule has 0 atom stereocenters. The van der Waals surface area contributed by atoms with E-state index < -0.39 is 16.4 Å². The van der Waals surface area contributed by atoms with E-state index in [0.717, 1.165) is 17.4 Å². The van der Waals surface area contributed by atoms with Gasteiger partial charge in [0.05, 0.1) is 10.4 Å². The smallest absolute Gasteiger partial charge is 0.258 e. The quantitative estimate of drug-likeness (QED) is 0.561. The van der Waals surface area contributed by atoms with E-state index in [1.165, 1.54) is 6.07 Å². The fraction of sp³-hybridized carbons (Fsp3) is 0. The van der Waals surface area contributed by atoms with Crippen molar-refractivity contribution >= 4 is 38.8 Å². The Morgan fingerprint density at radius 3 is 2.93 bits per heavy atom. The van der Waals surface area contributed by atoms with Gasteiger partial charge in [-0.15, -0.1) is 0 Å². The van der Waals surface area contributed by atoms with Crippen molar-refractivity contribution in [3.05, 3.63) is 32.5 Å². The number of rotatable bonds is 1. The van der Waals surface area contributed by atoms with Crippen LogP contribution < -0.4 is 0 Å². The van der Waals surface area contributed by atoms with Crippen molar-refractivity contribution in [3.8, 4) is 0 Å². The summed E-state index contributed by atoms with van der Waals surface area (Å²) < 4.78 is 13.4. The SMILES string of the molecule is O=[N+]([O-])c1c(F)ccc2nc(Cl)sc12. The lowest BCUT2D eigenvalue weighted by atomic mass is 10.3. The van der Waals surface area contributed by atoms with Gasteiger partial charge in [0.15, 0.2) is 4.47 Å². The lowest BCUT2D eigenvalue weighted by molar-refractivity contribution is -0.385. The van der Waals surface area contributed by atoms with Gasteiger partial charge in [0.25, 0.3) is 0 Å². The Morgan fingerprint density at radius 2 is 2.29 bits per heavy atom. The Morgan fingerprint density at radius 1 is 1.57 bits per heavy atom. The fourth-order valence-electron chi connectivity index (χ4n) is 1.10. The van der Waals surface area contributed by atoms with Gasteiger partial charge in [0.2, 0.25) is 5.82 Å². The summed E-state index contributed by atoms with van der Waals surface area (Å²) in [7, 11) is 0. The third-order valence-corrected chi connectivity index (χ3v) is 2.82. The average Bonchev–Trinajstić information content (AvgIpc) is 2.43. The van der Waals surface area contributed by atoms with Crippen LogP contribution in [0, 0.1) is 15.9 Å². The molecule has 0 saturated heterocycles. The summed E-state index contributed by atoms with van der Waals surface area (Å²) in [5.74, 6) is -0.872. The molecule has 0 spiro atoms. The maximum absolute atomic E-state index is 13.1. The molecule has 72 valence electrons. The predicted molar refractivity (Wildman–Crippen MR) is 51.2 cm³/mol. The molecule has 0 aliphatic rings. The largest absolute Gasteiger partial charge is 0.324 e. The van der Waals surface area contributed by atoms with Gasteiger partial charge in [-0.1, -0.05) is 22.9 Å². The van der Waals surface area contributed by atoms with Crippen molar-refractivity contribution in [1.29, 1.82) is 0 Å². The number of aromatic nitrogens is 1. The van der Waals surface area contributed by atoms with E-state index in [1.807, 2.05) is 0 Å². The Balaban J connectivity index is 2.88. The summed E-state index contributed by atoms with van der Waals surface area (Å²) in [4.78, 5) is 13.6. The summed E-state index contributed by atoms with van der Waals surface area (Å²) in [6.45, 7) is 0. The molecule has 0 N–H and O–H groups in total. The van der Waals surface area contributed by atoms with Crippen molar-refractivity contribution in [2.75, 3.05) is 0 Å². The first-order valence-corrected chi connectivity index (χ1v) is 4.68. The first-order valence-electron chi connectivity index (χ1n) is 3.48. The Bertz CT molecular complexity index is 528. The van der Waals surface area contributed by atoms with Crippen LogP contribution in [0.4, 0.5) is 10.1 Å². The topological polar surface area (TPSA) is 56.0 Å². The van der Waals surface area contributed by atoms with E-state index in [-0.39, 0.29) is 9.17 Å². The maximum Gasteiger partial charge on any atom is 0.324 e. The standard InChI is InChI=1S/C7H2ClFN2O2S/c8-7-10-4-2-1-3(9)5(11(12)13)6(4)14-7/h1-2H. The van der Waals surface area contributed by atoms with Crippen molar-refractivity contribution in [3.63, 3.8) is 0 Å². The normalized spacial score (nSPS) is 10.7. The molecule has 1 heterocycles. The van der Waals surface area contributed by atoms with Crippen molar-refractivity contribution in [2.24, 2.45) is 0 Å². The Kier molecular flexibility index (Phi) is 2.09. The van der Waals surface area contributed by atoms with Crippen LogP contribution in [-0.4, -0.2) is 9.91 Å². The van der Waals surface area contributed by atoms with Crippen LogP contribution in [0.2, 0.25) is 4.47 Å². The number of hydrogen-bond donors (Lipinski definition) is 0. The zero-order valence-electron chi connectivity index (χ0n) is 6.53. The second-order valence-corrected chi connectivity index (χ2v) is 4.05. The molecule has 0 radical (unpaired) electrons. The summed E-state index contributed by atoms with van der Waals surface area (Å²) in [5.41, 5.74) is -0.222. The van der Waals surface area contributed by atoms with Gasteiger partial charge in [-0.2, -0.15) is 4.39 Å². The van der Waals surface area contributed by atoms with E-state index in [9.17, 15) is 14.5 Å². The first kappa shape index (κ1) is 9.29. The van der Waals surface area contributed by atoms with Crippen LogP contribution >= 0.6 is 22.9 Å². The zero-order valence-corrected chi connectivity index (χ0v) is 8.10. The van der Waals surface area contributed by atoms with Gasteiger partial charge in [0.1, 0.15) is 4.70 Å². The molecule has 0 aliphatic heterocycles. The van der Waals surface area contributed by atoms with E-state index in [1.54, 1.807) is 0 Å². The molecular weight excluding hydrogens is 231 g/mol. The lowest BCUT2D eigenvalue weighted by Crippen LogP contribution is -1.91. The highest BCUT2D eigenvalue weighted by molar-refractivity contribution is 7.22. The molecule has 0 fully saturated rings. The van der Waals surface area contributed by atoms with Gasteiger partial charge in [0, 0.05) is 0 Å². The van der Waals surface area contributed by atoms with Crippen molar-refractivity contribution in [2.45, 2.75) is 0 Å². The molecule has 0 unspecified atom stereocenters. The number of nitrogens with zero attached hydrogens (tertiary/aromatic N) is 2. The molecular formula is C7H2ClFN2O2S. The molecule has 1 aromatic carbocycles. The number of halogens is 2. The molecule has 0 amide bonds. The fourth-order valence-corrected chi connectivity index (χ4v) is 2.22. The number of thiazole rings is 1. The van der Waals surface area contributed by atoms with E-state index in [2.05, 4.69) is 4.98 Å². The lowest BCUT2D eigenvalue weighted by Gasteiger charge is -1.93. The van der Waals surface area contributed by atoms with Gasteiger partial charge in [-0.25, -0.2) is 4.98 Å². The van der Waals surface area contributed by atoms with Crippen LogP contribution in [0.3, 0.4) is 0 Å². The second kappa shape index (κ2) is 3.14.